The molecule has 1 unspecified atom stereocenters. The first-order valence-electron chi connectivity index (χ1n) is 10.6. The fourth-order valence-corrected chi connectivity index (χ4v) is 5.21. The summed E-state index contributed by atoms with van der Waals surface area (Å²) in [5.41, 5.74) is 6.70. The standard InChI is InChI=1S/C18H24N8O7S/c1-18(2)32-12-9(5-23-34(29,30)25-16(28)8-3-4-10(27)24-8)31-17(13(12)33-18)26-7-22-11-14(19)20-6-21-15(11)26/h6-9,12-13,17,23H,3-5H2,1-2H3,(H,24,27)(H,25,28)(H2,19,20,21)/t8-,9+,12?,13-,17+/m0/s1. The second kappa shape index (κ2) is 8.09. The summed E-state index contributed by atoms with van der Waals surface area (Å²) in [5.74, 6) is -1.85. The Morgan fingerprint density at radius 3 is 2.79 bits per heavy atom. The van der Waals surface area contributed by atoms with Crippen LogP contribution >= 0.6 is 0 Å². The molecule has 3 saturated heterocycles. The van der Waals surface area contributed by atoms with Crippen LogP contribution in [0, 0.1) is 0 Å². The van der Waals surface area contributed by atoms with Gasteiger partial charge >= 0.3 is 10.2 Å². The van der Waals surface area contributed by atoms with E-state index in [4.69, 9.17) is 19.9 Å². The number of carbonyl (C=O) groups excluding carboxylic acids is 2. The first-order valence-corrected chi connectivity index (χ1v) is 12.1. The number of amides is 2. The normalized spacial score (nSPS) is 30.4. The zero-order chi connectivity index (χ0) is 24.3. The summed E-state index contributed by atoms with van der Waals surface area (Å²) in [6, 6.07) is -0.892. The van der Waals surface area contributed by atoms with Crippen LogP contribution in [-0.2, 0) is 34.0 Å². The lowest BCUT2D eigenvalue weighted by Crippen LogP contribution is -2.50. The molecule has 0 radical (unpaired) electrons. The van der Waals surface area contributed by atoms with Gasteiger partial charge in [0.2, 0.25) is 5.91 Å². The Bertz CT molecular complexity index is 1250. The SMILES string of the molecule is CC1(C)OC2[C@@H](CNS(=O)(=O)NC(=O)[C@@H]3CCC(=O)N3)O[C@@H](n3cnc4c(N)ncnc43)[C@H]2O1. The lowest BCUT2D eigenvalue weighted by Gasteiger charge is -2.25. The van der Waals surface area contributed by atoms with E-state index < -0.39 is 52.5 Å². The lowest BCUT2D eigenvalue weighted by atomic mass is 10.1. The van der Waals surface area contributed by atoms with Gasteiger partial charge < -0.3 is 25.3 Å². The molecule has 3 aliphatic rings. The second-order valence-electron chi connectivity index (χ2n) is 8.69. The van der Waals surface area contributed by atoms with Gasteiger partial charge in [-0.3, -0.25) is 14.2 Å². The molecule has 184 valence electrons. The summed E-state index contributed by atoms with van der Waals surface area (Å²) in [7, 11) is -4.23. The molecule has 2 aromatic heterocycles. The predicted octanol–water partition coefficient (Wildman–Crippen LogP) is -1.94. The molecule has 0 saturated carbocycles. The van der Waals surface area contributed by atoms with Crippen molar-refractivity contribution in [1.82, 2.24) is 34.3 Å². The van der Waals surface area contributed by atoms with Crippen LogP contribution in [0.2, 0.25) is 0 Å². The Morgan fingerprint density at radius 2 is 2.06 bits per heavy atom. The lowest BCUT2D eigenvalue weighted by molar-refractivity contribution is -0.195. The molecule has 16 heteroatoms. The van der Waals surface area contributed by atoms with Gasteiger partial charge in [0.1, 0.15) is 36.2 Å². The fraction of sp³-hybridized carbons (Fsp3) is 0.611. The number of hydrogen-bond donors (Lipinski definition) is 4. The van der Waals surface area contributed by atoms with E-state index in [9.17, 15) is 18.0 Å². The Morgan fingerprint density at radius 1 is 1.29 bits per heavy atom. The smallest absolute Gasteiger partial charge is 0.301 e. The highest BCUT2D eigenvalue weighted by Gasteiger charge is 2.56. The minimum Gasteiger partial charge on any atom is -0.382 e. The number of fused-ring (bicyclic) bond motifs is 2. The third kappa shape index (κ3) is 4.18. The van der Waals surface area contributed by atoms with E-state index >= 15 is 0 Å². The zero-order valence-corrected chi connectivity index (χ0v) is 19.1. The van der Waals surface area contributed by atoms with Crippen molar-refractivity contribution in [2.75, 3.05) is 12.3 Å². The van der Waals surface area contributed by atoms with Crippen LogP contribution in [0.25, 0.3) is 11.2 Å². The first kappa shape index (κ1) is 22.9. The van der Waals surface area contributed by atoms with E-state index in [1.807, 2.05) is 4.72 Å². The van der Waals surface area contributed by atoms with Crippen LogP contribution in [0.1, 0.15) is 32.9 Å². The summed E-state index contributed by atoms with van der Waals surface area (Å²) in [6.45, 7) is 3.28. The molecule has 15 nitrogen and oxygen atoms in total. The van der Waals surface area contributed by atoms with E-state index in [0.717, 1.165) is 0 Å². The molecule has 0 bridgehead atoms. The number of rotatable bonds is 6. The van der Waals surface area contributed by atoms with E-state index in [2.05, 4.69) is 25.0 Å². The molecule has 0 spiro atoms. The van der Waals surface area contributed by atoms with Gasteiger partial charge in [0, 0.05) is 13.0 Å². The molecule has 34 heavy (non-hydrogen) atoms. The number of carbonyl (C=O) groups is 2. The molecule has 5 atom stereocenters. The summed E-state index contributed by atoms with van der Waals surface area (Å²) in [6.07, 6.45) is 0.484. The van der Waals surface area contributed by atoms with Crippen LogP contribution in [-0.4, -0.2) is 76.4 Å². The Labute approximate surface area is 193 Å². The second-order valence-corrected chi connectivity index (χ2v) is 10.2. The number of imidazole rings is 1. The molecule has 3 aliphatic heterocycles. The number of aromatic nitrogens is 4. The molecule has 2 aromatic rings. The van der Waals surface area contributed by atoms with Crippen LogP contribution in [0.15, 0.2) is 12.7 Å². The van der Waals surface area contributed by atoms with Crippen LogP contribution in [0.5, 0.6) is 0 Å². The summed E-state index contributed by atoms with van der Waals surface area (Å²) in [4.78, 5) is 35.9. The van der Waals surface area contributed by atoms with Gasteiger partial charge in [0.25, 0.3) is 5.91 Å². The van der Waals surface area contributed by atoms with E-state index in [1.165, 1.54) is 12.7 Å². The van der Waals surface area contributed by atoms with Crippen LogP contribution < -0.4 is 20.5 Å². The maximum Gasteiger partial charge on any atom is 0.301 e. The molecule has 5 heterocycles. The molecular weight excluding hydrogens is 472 g/mol. The molecule has 0 aromatic carbocycles. The molecule has 0 aliphatic carbocycles. The molecule has 3 fully saturated rings. The highest BCUT2D eigenvalue weighted by atomic mass is 32.2. The van der Waals surface area contributed by atoms with Gasteiger partial charge in [0.15, 0.2) is 23.5 Å². The number of nitrogens with zero attached hydrogens (tertiary/aromatic N) is 4. The van der Waals surface area contributed by atoms with Crippen molar-refractivity contribution in [3.8, 4) is 0 Å². The zero-order valence-electron chi connectivity index (χ0n) is 18.3. The third-order valence-corrected chi connectivity index (χ3v) is 6.82. The van der Waals surface area contributed by atoms with Gasteiger partial charge in [-0.05, 0) is 20.3 Å². The number of anilines is 1. The maximum absolute atomic E-state index is 12.4. The van der Waals surface area contributed by atoms with Gasteiger partial charge in [-0.1, -0.05) is 0 Å². The Balaban J connectivity index is 1.31. The summed E-state index contributed by atoms with van der Waals surface area (Å²) in [5, 5.41) is 2.42. The van der Waals surface area contributed by atoms with Crippen molar-refractivity contribution in [1.29, 1.82) is 0 Å². The minimum absolute atomic E-state index is 0.165. The van der Waals surface area contributed by atoms with Crippen molar-refractivity contribution in [2.45, 2.75) is 63.1 Å². The highest BCUT2D eigenvalue weighted by Crippen LogP contribution is 2.43. The third-order valence-electron chi connectivity index (χ3n) is 5.81. The van der Waals surface area contributed by atoms with Crippen molar-refractivity contribution < 1.29 is 32.2 Å². The summed E-state index contributed by atoms with van der Waals surface area (Å²) < 4.78 is 48.9. The number of ether oxygens (including phenoxy) is 3. The van der Waals surface area contributed by atoms with Gasteiger partial charge in [0.05, 0.1) is 6.33 Å². The van der Waals surface area contributed by atoms with E-state index in [0.29, 0.717) is 11.2 Å². The summed E-state index contributed by atoms with van der Waals surface area (Å²) >= 11 is 0. The van der Waals surface area contributed by atoms with Gasteiger partial charge in [-0.15, -0.1) is 0 Å². The van der Waals surface area contributed by atoms with Crippen molar-refractivity contribution in [3.63, 3.8) is 0 Å². The van der Waals surface area contributed by atoms with Crippen molar-refractivity contribution >= 4 is 39.0 Å². The molecule has 2 amide bonds. The largest absolute Gasteiger partial charge is 0.382 e. The topological polar surface area (TPSA) is 202 Å². The predicted molar refractivity (Wildman–Crippen MR) is 114 cm³/mol. The molecule has 5 rings (SSSR count). The average Bonchev–Trinajstić information content (AvgIpc) is 3.50. The fourth-order valence-electron chi connectivity index (χ4n) is 4.35. The number of hydrogen-bond acceptors (Lipinski definition) is 11. The van der Waals surface area contributed by atoms with Crippen molar-refractivity contribution in [2.24, 2.45) is 0 Å². The number of nitrogens with two attached hydrogens (primary N) is 1. The van der Waals surface area contributed by atoms with Crippen LogP contribution in [0.3, 0.4) is 0 Å². The minimum atomic E-state index is -4.23. The van der Waals surface area contributed by atoms with Gasteiger partial charge in [-0.2, -0.15) is 13.1 Å². The Kier molecular flexibility index (Phi) is 5.44. The Hall–Kier alpha value is -2.92. The molecule has 5 N–H and O–H groups in total. The van der Waals surface area contributed by atoms with E-state index in [1.54, 1.807) is 18.4 Å². The van der Waals surface area contributed by atoms with Gasteiger partial charge in [-0.25, -0.2) is 19.7 Å². The van der Waals surface area contributed by atoms with E-state index in [-0.39, 0.29) is 31.1 Å². The molecular formula is C18H24N8O7S. The van der Waals surface area contributed by atoms with Crippen molar-refractivity contribution in [3.05, 3.63) is 12.7 Å². The average molecular weight is 497 g/mol. The highest BCUT2D eigenvalue weighted by molar-refractivity contribution is 7.88. The quantitative estimate of drug-likeness (QED) is 0.346. The maximum atomic E-state index is 12.4. The monoisotopic (exact) mass is 496 g/mol. The number of nitrogens with one attached hydrogen (secondary N) is 3. The number of nitrogen functional groups attached to an aromatic ring is 1. The first-order chi connectivity index (χ1) is 16.0. The van der Waals surface area contributed by atoms with Crippen LogP contribution in [0.4, 0.5) is 5.82 Å².